The van der Waals surface area contributed by atoms with E-state index in [1.165, 1.54) is 6.20 Å². The lowest BCUT2D eigenvalue weighted by atomic mass is 10.1. The first-order valence-corrected chi connectivity index (χ1v) is 8.60. The predicted octanol–water partition coefficient (Wildman–Crippen LogP) is 2.94. The second-order valence-electron chi connectivity index (χ2n) is 5.68. The minimum atomic E-state index is -0.415. The molecule has 1 amide bonds. The van der Waals surface area contributed by atoms with Crippen LogP contribution in [0, 0.1) is 11.3 Å². The number of carbonyl (C=O) groups excluding carboxylic acids is 1. The van der Waals surface area contributed by atoms with Crippen molar-refractivity contribution in [3.8, 4) is 11.8 Å². The molecule has 0 aromatic heterocycles. The van der Waals surface area contributed by atoms with Crippen LogP contribution in [0.5, 0.6) is 5.75 Å². The summed E-state index contributed by atoms with van der Waals surface area (Å²) in [6.45, 7) is 0.997. The van der Waals surface area contributed by atoms with E-state index in [0.717, 1.165) is 17.5 Å². The molecule has 0 aliphatic carbocycles. The van der Waals surface area contributed by atoms with E-state index in [4.69, 9.17) is 16.9 Å². The van der Waals surface area contributed by atoms with E-state index >= 15 is 0 Å². The normalized spacial score (nSPS) is 10.8. The van der Waals surface area contributed by atoms with Crippen molar-refractivity contribution >= 4 is 17.5 Å². The van der Waals surface area contributed by atoms with E-state index in [0.29, 0.717) is 24.5 Å². The van der Waals surface area contributed by atoms with Crippen molar-refractivity contribution in [2.75, 3.05) is 13.1 Å². The molecule has 0 bridgehead atoms. The molecule has 0 radical (unpaired) electrons. The highest BCUT2D eigenvalue weighted by molar-refractivity contribution is 6.30. The largest absolute Gasteiger partial charge is 0.508 e. The van der Waals surface area contributed by atoms with Crippen molar-refractivity contribution in [1.29, 1.82) is 5.26 Å². The first kappa shape index (κ1) is 19.4. The third-order valence-corrected chi connectivity index (χ3v) is 3.93. The highest BCUT2D eigenvalue weighted by atomic mass is 35.5. The highest BCUT2D eigenvalue weighted by Gasteiger charge is 2.07. The Morgan fingerprint density at radius 3 is 2.54 bits per heavy atom. The van der Waals surface area contributed by atoms with E-state index in [9.17, 15) is 9.90 Å². The number of nitriles is 1. The van der Waals surface area contributed by atoms with Gasteiger partial charge in [0.25, 0.3) is 5.91 Å². The number of rotatable bonds is 8. The van der Waals surface area contributed by atoms with Crippen molar-refractivity contribution in [2.45, 2.75) is 12.8 Å². The van der Waals surface area contributed by atoms with Crippen LogP contribution >= 0.6 is 11.6 Å². The molecule has 0 saturated heterocycles. The fourth-order valence-corrected chi connectivity index (χ4v) is 2.52. The summed E-state index contributed by atoms with van der Waals surface area (Å²) in [5.74, 6) is -0.210. The zero-order valence-electron chi connectivity index (χ0n) is 14.2. The Hall–Kier alpha value is -2.97. The van der Waals surface area contributed by atoms with Crippen LogP contribution in [0.4, 0.5) is 0 Å². The molecule has 6 heteroatoms. The number of phenolic OH excluding ortho intramolecular Hbond substituents is 1. The van der Waals surface area contributed by atoms with Gasteiger partial charge in [0.1, 0.15) is 17.4 Å². The lowest BCUT2D eigenvalue weighted by Gasteiger charge is -2.06. The molecule has 134 valence electrons. The second kappa shape index (κ2) is 10.1. The molecular weight excluding hydrogens is 350 g/mol. The summed E-state index contributed by atoms with van der Waals surface area (Å²) in [5.41, 5.74) is 2.10. The van der Waals surface area contributed by atoms with Gasteiger partial charge in [-0.3, -0.25) is 4.79 Å². The van der Waals surface area contributed by atoms with Gasteiger partial charge in [0.15, 0.2) is 0 Å². The van der Waals surface area contributed by atoms with Crippen molar-refractivity contribution in [2.24, 2.45) is 0 Å². The van der Waals surface area contributed by atoms with Crippen LogP contribution in [0.1, 0.15) is 11.1 Å². The van der Waals surface area contributed by atoms with Crippen LogP contribution in [0.2, 0.25) is 5.02 Å². The number of aromatic hydroxyl groups is 1. The molecule has 3 N–H and O–H groups in total. The number of phenols is 1. The molecule has 0 atom stereocenters. The van der Waals surface area contributed by atoms with Gasteiger partial charge in [0.2, 0.25) is 0 Å². The molecule has 0 aliphatic heterocycles. The van der Waals surface area contributed by atoms with Crippen molar-refractivity contribution in [3.05, 3.63) is 76.5 Å². The van der Waals surface area contributed by atoms with Crippen molar-refractivity contribution in [1.82, 2.24) is 10.6 Å². The molecule has 2 rings (SSSR count). The monoisotopic (exact) mass is 369 g/mol. The van der Waals surface area contributed by atoms with Gasteiger partial charge in [-0.15, -0.1) is 0 Å². The average Bonchev–Trinajstić information content (AvgIpc) is 2.63. The molecule has 0 unspecified atom stereocenters. The Labute approximate surface area is 157 Å². The summed E-state index contributed by atoms with van der Waals surface area (Å²) in [6.07, 6.45) is 2.78. The van der Waals surface area contributed by atoms with Crippen molar-refractivity contribution < 1.29 is 9.90 Å². The number of amides is 1. The van der Waals surface area contributed by atoms with Gasteiger partial charge in [-0.1, -0.05) is 35.9 Å². The summed E-state index contributed by atoms with van der Waals surface area (Å²) in [7, 11) is 0. The van der Waals surface area contributed by atoms with Gasteiger partial charge in [-0.25, -0.2) is 0 Å². The number of hydrogen-bond donors (Lipinski definition) is 3. The Morgan fingerprint density at radius 1 is 1.12 bits per heavy atom. The number of hydrogen-bond acceptors (Lipinski definition) is 4. The highest BCUT2D eigenvalue weighted by Crippen LogP contribution is 2.11. The lowest BCUT2D eigenvalue weighted by Crippen LogP contribution is -2.27. The van der Waals surface area contributed by atoms with Gasteiger partial charge >= 0.3 is 0 Å². The van der Waals surface area contributed by atoms with Crippen LogP contribution < -0.4 is 10.6 Å². The average molecular weight is 370 g/mol. The van der Waals surface area contributed by atoms with E-state index in [2.05, 4.69) is 10.6 Å². The van der Waals surface area contributed by atoms with E-state index in [1.807, 2.05) is 30.3 Å². The third kappa shape index (κ3) is 6.50. The van der Waals surface area contributed by atoms with Crippen LogP contribution in [-0.2, 0) is 17.6 Å². The first-order valence-electron chi connectivity index (χ1n) is 8.22. The molecule has 0 aliphatic rings. The maximum atomic E-state index is 12.0. The lowest BCUT2D eigenvalue weighted by molar-refractivity contribution is -0.117. The van der Waals surface area contributed by atoms with E-state index < -0.39 is 5.91 Å². The Morgan fingerprint density at radius 2 is 1.85 bits per heavy atom. The Kier molecular flexibility index (Phi) is 7.53. The van der Waals surface area contributed by atoms with Gasteiger partial charge in [0, 0.05) is 24.3 Å². The summed E-state index contributed by atoms with van der Waals surface area (Å²) in [6, 6.07) is 16.2. The predicted molar refractivity (Wildman–Crippen MR) is 102 cm³/mol. The summed E-state index contributed by atoms with van der Waals surface area (Å²) in [5, 5.41) is 24.7. The molecule has 0 heterocycles. The van der Waals surface area contributed by atoms with Crippen LogP contribution in [0.15, 0.2) is 60.3 Å². The molecule has 0 saturated carbocycles. The Bertz CT molecular complexity index is 811. The number of benzene rings is 2. The maximum absolute atomic E-state index is 12.0. The number of carbonyl (C=O) groups is 1. The standard InChI is InChI=1S/C20H20ClN3O2/c21-18-3-1-2-16(12-18)8-10-23-14-17(13-22)20(26)24-11-9-15-4-6-19(25)7-5-15/h1-7,12,14,23,25H,8-11H2,(H,24,26)/b17-14-. The fourth-order valence-electron chi connectivity index (χ4n) is 2.31. The molecule has 0 spiro atoms. The topological polar surface area (TPSA) is 85.2 Å². The van der Waals surface area contributed by atoms with Gasteiger partial charge in [0.05, 0.1) is 0 Å². The Balaban J connectivity index is 1.75. The van der Waals surface area contributed by atoms with Crippen molar-refractivity contribution in [3.63, 3.8) is 0 Å². The molecule has 5 nitrogen and oxygen atoms in total. The van der Waals surface area contributed by atoms with Gasteiger partial charge in [-0.05, 0) is 48.2 Å². The van der Waals surface area contributed by atoms with Gasteiger partial charge in [-0.2, -0.15) is 5.26 Å². The van der Waals surface area contributed by atoms with Crippen LogP contribution in [-0.4, -0.2) is 24.1 Å². The third-order valence-electron chi connectivity index (χ3n) is 3.69. The molecule has 0 fully saturated rings. The van der Waals surface area contributed by atoms with E-state index in [-0.39, 0.29) is 11.3 Å². The smallest absolute Gasteiger partial charge is 0.263 e. The summed E-state index contributed by atoms with van der Waals surface area (Å²) < 4.78 is 0. The van der Waals surface area contributed by atoms with Gasteiger partial charge < -0.3 is 15.7 Å². The fraction of sp³-hybridized carbons (Fsp3) is 0.200. The minimum absolute atomic E-state index is 0.0294. The molecule has 2 aromatic rings. The minimum Gasteiger partial charge on any atom is -0.508 e. The zero-order chi connectivity index (χ0) is 18.8. The quantitative estimate of drug-likeness (QED) is 0.379. The molecule has 26 heavy (non-hydrogen) atoms. The number of nitrogens with one attached hydrogen (secondary N) is 2. The SMILES string of the molecule is N#C/C(=C/NCCc1cccc(Cl)c1)C(=O)NCCc1ccc(O)cc1. The van der Waals surface area contributed by atoms with E-state index in [1.54, 1.807) is 24.3 Å². The summed E-state index contributed by atoms with van der Waals surface area (Å²) >= 11 is 5.93. The first-order chi connectivity index (χ1) is 12.6. The molecule has 2 aromatic carbocycles. The summed E-state index contributed by atoms with van der Waals surface area (Å²) in [4.78, 5) is 12.0. The zero-order valence-corrected chi connectivity index (χ0v) is 15.0. The second-order valence-corrected chi connectivity index (χ2v) is 6.11. The maximum Gasteiger partial charge on any atom is 0.263 e. The number of nitrogens with zero attached hydrogens (tertiary/aromatic N) is 1. The van der Waals surface area contributed by atoms with Crippen LogP contribution in [0.25, 0.3) is 0 Å². The molecular formula is C20H20ClN3O2. The number of halogens is 1. The van der Waals surface area contributed by atoms with Crippen LogP contribution in [0.3, 0.4) is 0 Å².